The van der Waals surface area contributed by atoms with Crippen molar-refractivity contribution in [2.24, 2.45) is 0 Å². The number of rotatable bonds is 4. The fourth-order valence-electron chi connectivity index (χ4n) is 2.48. The van der Waals surface area contributed by atoms with Crippen LogP contribution in [-0.4, -0.2) is 24.0 Å². The van der Waals surface area contributed by atoms with Crippen molar-refractivity contribution in [1.29, 1.82) is 0 Å². The molecule has 106 valence electrons. The molecular weight excluding hydrogens is 257 g/mol. The highest BCUT2D eigenvalue weighted by molar-refractivity contribution is 5.38. The Balaban J connectivity index is 1.95. The Labute approximate surface area is 110 Å². The predicted octanol–water partition coefficient (Wildman–Crippen LogP) is 3.65. The van der Waals surface area contributed by atoms with E-state index in [-0.39, 0.29) is 18.8 Å². The van der Waals surface area contributed by atoms with E-state index in [9.17, 15) is 18.3 Å². The minimum Gasteiger partial charge on any atom is -0.493 e. The molecule has 0 aliphatic carbocycles. The van der Waals surface area contributed by atoms with E-state index in [1.54, 1.807) is 0 Å². The summed E-state index contributed by atoms with van der Waals surface area (Å²) in [4.78, 5) is 0. The molecule has 0 amide bonds. The van der Waals surface area contributed by atoms with Crippen molar-refractivity contribution in [3.05, 3.63) is 29.8 Å². The van der Waals surface area contributed by atoms with Gasteiger partial charge < -0.3 is 9.84 Å². The number of aliphatic hydroxyl groups excluding tert-OH is 1. The average molecular weight is 274 g/mol. The van der Waals surface area contributed by atoms with E-state index >= 15 is 0 Å². The van der Waals surface area contributed by atoms with Crippen LogP contribution in [0.3, 0.4) is 0 Å². The zero-order valence-electron chi connectivity index (χ0n) is 10.5. The van der Waals surface area contributed by atoms with Gasteiger partial charge in [0.2, 0.25) is 0 Å². The Hall–Kier alpha value is -1.23. The average Bonchev–Trinajstić information content (AvgIpc) is 2.36. The molecule has 1 aromatic carbocycles. The van der Waals surface area contributed by atoms with Crippen LogP contribution in [-0.2, 0) is 0 Å². The van der Waals surface area contributed by atoms with Crippen LogP contribution in [0.1, 0.15) is 37.2 Å². The van der Waals surface area contributed by atoms with E-state index in [4.69, 9.17) is 4.74 Å². The summed E-state index contributed by atoms with van der Waals surface area (Å²) in [7, 11) is 0. The summed E-state index contributed by atoms with van der Waals surface area (Å²) in [6, 6.07) is 7.39. The van der Waals surface area contributed by atoms with E-state index in [0.29, 0.717) is 13.0 Å². The molecule has 1 heterocycles. The zero-order valence-corrected chi connectivity index (χ0v) is 10.5. The van der Waals surface area contributed by atoms with Gasteiger partial charge in [-0.15, -0.1) is 0 Å². The molecule has 0 spiro atoms. The lowest BCUT2D eigenvalue weighted by atomic mass is 9.86. The first-order valence-electron chi connectivity index (χ1n) is 6.44. The minimum absolute atomic E-state index is 0.0375. The molecule has 0 saturated heterocycles. The molecular formula is C14H17F3O2. The van der Waals surface area contributed by atoms with Crippen molar-refractivity contribution in [3.63, 3.8) is 0 Å². The van der Waals surface area contributed by atoms with Gasteiger partial charge in [-0.3, -0.25) is 0 Å². The number of aliphatic hydroxyl groups is 1. The number of hydrogen-bond acceptors (Lipinski definition) is 2. The van der Waals surface area contributed by atoms with Crippen LogP contribution in [0.4, 0.5) is 13.2 Å². The molecule has 0 aromatic heterocycles. The van der Waals surface area contributed by atoms with E-state index in [1.165, 1.54) is 0 Å². The molecule has 0 saturated carbocycles. The normalized spacial score (nSPS) is 20.5. The lowest BCUT2D eigenvalue weighted by Crippen LogP contribution is -2.25. The summed E-state index contributed by atoms with van der Waals surface area (Å²) in [6.45, 7) is 0.498. The van der Waals surface area contributed by atoms with Crippen LogP contribution >= 0.6 is 0 Å². The molecule has 1 aliphatic rings. The molecule has 1 aliphatic heterocycles. The van der Waals surface area contributed by atoms with E-state index in [2.05, 4.69) is 0 Å². The van der Waals surface area contributed by atoms with Gasteiger partial charge in [-0.1, -0.05) is 18.2 Å². The Kier molecular flexibility index (Phi) is 4.34. The van der Waals surface area contributed by atoms with Crippen molar-refractivity contribution in [2.75, 3.05) is 6.61 Å². The van der Waals surface area contributed by atoms with Crippen LogP contribution in [0.15, 0.2) is 24.3 Å². The highest BCUT2D eigenvalue weighted by Gasteiger charge is 2.30. The van der Waals surface area contributed by atoms with Crippen LogP contribution in [0.2, 0.25) is 0 Å². The van der Waals surface area contributed by atoms with Gasteiger partial charge in [0.25, 0.3) is 0 Å². The van der Waals surface area contributed by atoms with Crippen LogP contribution in [0, 0.1) is 0 Å². The summed E-state index contributed by atoms with van der Waals surface area (Å²) in [6.07, 6.45) is -4.96. The summed E-state index contributed by atoms with van der Waals surface area (Å²) in [5.41, 5.74) is 0.897. The van der Waals surface area contributed by atoms with Crippen LogP contribution < -0.4 is 4.74 Å². The monoisotopic (exact) mass is 274 g/mol. The third-order valence-electron chi connectivity index (χ3n) is 3.43. The number of ether oxygens (including phenoxy) is 1. The fraction of sp³-hybridized carbons (Fsp3) is 0.571. The Morgan fingerprint density at radius 3 is 2.79 bits per heavy atom. The first-order chi connectivity index (χ1) is 8.97. The summed E-state index contributed by atoms with van der Waals surface area (Å²) in [5, 5.41) is 10.1. The Morgan fingerprint density at radius 2 is 2.05 bits per heavy atom. The van der Waals surface area contributed by atoms with Gasteiger partial charge >= 0.3 is 6.18 Å². The largest absolute Gasteiger partial charge is 0.493 e. The van der Waals surface area contributed by atoms with E-state index < -0.39 is 18.7 Å². The molecule has 2 atom stereocenters. The number of fused-ring (bicyclic) bond motifs is 1. The van der Waals surface area contributed by atoms with Crippen LogP contribution in [0.25, 0.3) is 0 Å². The summed E-state index contributed by atoms with van der Waals surface area (Å²) < 4.78 is 41.7. The number of alkyl halides is 3. The molecule has 2 unspecified atom stereocenters. The third kappa shape index (κ3) is 3.86. The third-order valence-corrected chi connectivity index (χ3v) is 3.43. The predicted molar refractivity (Wildman–Crippen MR) is 65.2 cm³/mol. The standard InChI is InChI=1S/C14H17F3O2/c15-14(16,17)8-3-5-12(18)10-7-9-19-13-6-2-1-4-11(10)13/h1-2,4,6,10,12,18H,3,5,7-9H2. The lowest BCUT2D eigenvalue weighted by Gasteiger charge is -2.29. The second-order valence-electron chi connectivity index (χ2n) is 4.86. The van der Waals surface area contributed by atoms with Crippen LogP contribution in [0.5, 0.6) is 5.75 Å². The second-order valence-corrected chi connectivity index (χ2v) is 4.86. The summed E-state index contributed by atoms with van der Waals surface area (Å²) in [5.74, 6) is 0.604. The molecule has 2 rings (SSSR count). The number of halogens is 3. The first-order valence-corrected chi connectivity index (χ1v) is 6.44. The highest BCUT2D eigenvalue weighted by Crippen LogP contribution is 2.37. The van der Waals surface area contributed by atoms with Gasteiger partial charge in [0.1, 0.15) is 5.75 Å². The van der Waals surface area contributed by atoms with Gasteiger partial charge in [0.05, 0.1) is 12.7 Å². The molecule has 1 aromatic rings. The van der Waals surface area contributed by atoms with Crippen molar-refractivity contribution >= 4 is 0 Å². The molecule has 1 N–H and O–H groups in total. The minimum atomic E-state index is -4.15. The molecule has 0 bridgehead atoms. The van der Waals surface area contributed by atoms with Gasteiger partial charge in [-0.05, 0) is 30.9 Å². The number of benzene rings is 1. The van der Waals surface area contributed by atoms with E-state index in [0.717, 1.165) is 11.3 Å². The number of hydrogen-bond donors (Lipinski definition) is 1. The maximum absolute atomic E-state index is 12.1. The van der Waals surface area contributed by atoms with Crippen molar-refractivity contribution < 1.29 is 23.0 Å². The quantitative estimate of drug-likeness (QED) is 0.908. The van der Waals surface area contributed by atoms with E-state index in [1.807, 2.05) is 24.3 Å². The fourth-order valence-corrected chi connectivity index (χ4v) is 2.48. The van der Waals surface area contributed by atoms with Gasteiger partial charge in [0, 0.05) is 12.3 Å². The molecule has 2 nitrogen and oxygen atoms in total. The zero-order chi connectivity index (χ0) is 13.9. The van der Waals surface area contributed by atoms with Gasteiger partial charge in [-0.2, -0.15) is 13.2 Å². The highest BCUT2D eigenvalue weighted by atomic mass is 19.4. The Morgan fingerprint density at radius 1 is 1.32 bits per heavy atom. The molecule has 5 heteroatoms. The topological polar surface area (TPSA) is 29.5 Å². The number of para-hydroxylation sites is 1. The SMILES string of the molecule is OC(CCCC(F)(F)F)C1CCOc2ccccc21. The second kappa shape index (κ2) is 5.82. The first kappa shape index (κ1) is 14.2. The van der Waals surface area contributed by atoms with Gasteiger partial charge in [-0.25, -0.2) is 0 Å². The summed E-state index contributed by atoms with van der Waals surface area (Å²) >= 11 is 0. The Bertz CT molecular complexity index is 417. The molecule has 19 heavy (non-hydrogen) atoms. The maximum atomic E-state index is 12.1. The van der Waals surface area contributed by atoms with Gasteiger partial charge in [0.15, 0.2) is 0 Å². The smallest absolute Gasteiger partial charge is 0.389 e. The van der Waals surface area contributed by atoms with Crippen molar-refractivity contribution in [3.8, 4) is 5.75 Å². The van der Waals surface area contributed by atoms with Crippen molar-refractivity contribution in [2.45, 2.75) is 43.9 Å². The maximum Gasteiger partial charge on any atom is 0.389 e. The molecule has 0 radical (unpaired) electrons. The van der Waals surface area contributed by atoms with Crippen molar-refractivity contribution in [1.82, 2.24) is 0 Å². The lowest BCUT2D eigenvalue weighted by molar-refractivity contribution is -0.136. The molecule has 0 fully saturated rings.